The number of hydrogen-bond donors (Lipinski definition) is 1. The SMILES string of the molecule is C=CC(=O)NCCCCCCCCCCC(=O)c1ccc(C2=NCCO2)cc1. The van der Waals surface area contributed by atoms with Crippen LogP contribution in [0.5, 0.6) is 0 Å². The number of Topliss-reactive ketones (excluding diaryl/α,β-unsaturated/α-hetero) is 1. The van der Waals surface area contributed by atoms with Gasteiger partial charge in [-0.1, -0.05) is 57.2 Å². The zero-order valence-electron chi connectivity index (χ0n) is 16.8. The highest BCUT2D eigenvalue weighted by Gasteiger charge is 2.11. The molecule has 0 fully saturated rings. The molecule has 0 bridgehead atoms. The molecule has 0 unspecified atom stereocenters. The van der Waals surface area contributed by atoms with E-state index in [0.29, 0.717) is 25.5 Å². The Kier molecular flexibility index (Phi) is 10.0. The summed E-state index contributed by atoms with van der Waals surface area (Å²) < 4.78 is 5.44. The summed E-state index contributed by atoms with van der Waals surface area (Å²) in [5.41, 5.74) is 1.71. The van der Waals surface area contributed by atoms with Crippen molar-refractivity contribution in [1.29, 1.82) is 0 Å². The molecule has 5 heteroatoms. The van der Waals surface area contributed by atoms with Crippen LogP contribution < -0.4 is 5.32 Å². The smallest absolute Gasteiger partial charge is 0.243 e. The highest BCUT2D eigenvalue weighted by molar-refractivity contribution is 5.99. The Bertz CT molecular complexity index is 665. The van der Waals surface area contributed by atoms with E-state index in [-0.39, 0.29) is 11.7 Å². The predicted molar refractivity (Wildman–Crippen MR) is 113 cm³/mol. The van der Waals surface area contributed by atoms with Crippen LogP contribution in [0.15, 0.2) is 41.9 Å². The Morgan fingerprint density at radius 2 is 1.64 bits per heavy atom. The third-order valence-electron chi connectivity index (χ3n) is 4.85. The molecule has 152 valence electrons. The van der Waals surface area contributed by atoms with Crippen LogP contribution in [-0.4, -0.2) is 37.3 Å². The number of nitrogens with zero attached hydrogens (tertiary/aromatic N) is 1. The van der Waals surface area contributed by atoms with Crippen LogP contribution >= 0.6 is 0 Å². The average molecular weight is 385 g/mol. The highest BCUT2D eigenvalue weighted by atomic mass is 16.5. The fourth-order valence-electron chi connectivity index (χ4n) is 3.21. The summed E-state index contributed by atoms with van der Waals surface area (Å²) in [5, 5.41) is 2.79. The quantitative estimate of drug-likeness (QED) is 0.292. The molecule has 1 heterocycles. The minimum absolute atomic E-state index is 0.0947. The van der Waals surface area contributed by atoms with Crippen LogP contribution in [0.4, 0.5) is 0 Å². The zero-order valence-corrected chi connectivity index (χ0v) is 16.8. The van der Waals surface area contributed by atoms with E-state index >= 15 is 0 Å². The molecule has 1 aliphatic rings. The molecule has 0 saturated heterocycles. The molecule has 0 aliphatic carbocycles. The van der Waals surface area contributed by atoms with E-state index in [0.717, 1.165) is 43.4 Å². The van der Waals surface area contributed by atoms with Gasteiger partial charge in [0.05, 0.1) is 6.54 Å². The summed E-state index contributed by atoms with van der Waals surface area (Å²) in [6.07, 6.45) is 10.9. The largest absolute Gasteiger partial charge is 0.476 e. The average Bonchev–Trinajstić information content (AvgIpc) is 3.26. The molecular weight excluding hydrogens is 352 g/mol. The van der Waals surface area contributed by atoms with Crippen molar-refractivity contribution in [1.82, 2.24) is 5.32 Å². The predicted octanol–water partition coefficient (Wildman–Crippen LogP) is 4.46. The number of unbranched alkanes of at least 4 members (excludes halogenated alkanes) is 7. The van der Waals surface area contributed by atoms with Gasteiger partial charge in [-0.05, 0) is 31.1 Å². The van der Waals surface area contributed by atoms with E-state index in [2.05, 4.69) is 16.9 Å². The summed E-state index contributed by atoms with van der Waals surface area (Å²) in [4.78, 5) is 27.6. The van der Waals surface area contributed by atoms with Gasteiger partial charge in [-0.3, -0.25) is 9.59 Å². The van der Waals surface area contributed by atoms with Gasteiger partial charge in [0, 0.05) is 24.1 Å². The first kappa shape index (κ1) is 21.9. The zero-order chi connectivity index (χ0) is 20.0. The molecule has 0 spiro atoms. The van der Waals surface area contributed by atoms with Gasteiger partial charge in [-0.25, -0.2) is 4.99 Å². The van der Waals surface area contributed by atoms with Crippen molar-refractivity contribution in [3.63, 3.8) is 0 Å². The van der Waals surface area contributed by atoms with Crippen molar-refractivity contribution in [2.24, 2.45) is 4.99 Å². The lowest BCUT2D eigenvalue weighted by atomic mass is 10.0. The number of amides is 1. The lowest BCUT2D eigenvalue weighted by Gasteiger charge is -2.05. The van der Waals surface area contributed by atoms with Crippen molar-refractivity contribution < 1.29 is 14.3 Å². The van der Waals surface area contributed by atoms with Crippen molar-refractivity contribution in [3.8, 4) is 0 Å². The number of carbonyl (C=O) groups excluding carboxylic acids is 2. The Morgan fingerprint density at radius 1 is 1.00 bits per heavy atom. The molecule has 5 nitrogen and oxygen atoms in total. The molecule has 0 aromatic heterocycles. The molecule has 2 rings (SSSR count). The molecule has 28 heavy (non-hydrogen) atoms. The molecule has 1 amide bonds. The van der Waals surface area contributed by atoms with E-state index in [1.807, 2.05) is 24.3 Å². The number of hydrogen-bond acceptors (Lipinski definition) is 4. The second-order valence-corrected chi connectivity index (χ2v) is 7.11. The highest BCUT2D eigenvalue weighted by Crippen LogP contribution is 2.14. The number of benzene rings is 1. The Balaban J connectivity index is 1.47. The van der Waals surface area contributed by atoms with E-state index in [4.69, 9.17) is 4.74 Å². The standard InChI is InChI=1S/C23H32N2O3/c1-2-22(27)24-16-10-8-6-4-3-5-7-9-11-21(26)19-12-14-20(15-13-19)23-25-17-18-28-23/h2,12-15H,1,3-11,16-18H2,(H,24,27). The van der Waals surface area contributed by atoms with Crippen LogP contribution in [0.2, 0.25) is 0 Å². The second-order valence-electron chi connectivity index (χ2n) is 7.11. The van der Waals surface area contributed by atoms with E-state index in [1.165, 1.54) is 31.8 Å². The maximum absolute atomic E-state index is 12.3. The van der Waals surface area contributed by atoms with E-state index < -0.39 is 0 Å². The molecule has 1 N–H and O–H groups in total. The van der Waals surface area contributed by atoms with E-state index in [1.54, 1.807) is 0 Å². The van der Waals surface area contributed by atoms with Crippen LogP contribution in [-0.2, 0) is 9.53 Å². The van der Waals surface area contributed by atoms with E-state index in [9.17, 15) is 9.59 Å². The molecular formula is C23H32N2O3. The monoisotopic (exact) mass is 384 g/mol. The van der Waals surface area contributed by atoms with Gasteiger partial charge in [0.25, 0.3) is 0 Å². The molecule has 1 aromatic rings. The number of rotatable bonds is 14. The van der Waals surface area contributed by atoms with Gasteiger partial charge in [-0.15, -0.1) is 0 Å². The molecule has 0 atom stereocenters. The molecule has 0 saturated carbocycles. The van der Waals surface area contributed by atoms with Crippen molar-refractivity contribution in [2.45, 2.75) is 57.8 Å². The first-order valence-corrected chi connectivity index (χ1v) is 10.4. The van der Waals surface area contributed by atoms with Crippen molar-refractivity contribution in [3.05, 3.63) is 48.0 Å². The van der Waals surface area contributed by atoms with Crippen molar-refractivity contribution >= 4 is 17.6 Å². The topological polar surface area (TPSA) is 67.8 Å². The number of carbonyl (C=O) groups is 2. The minimum Gasteiger partial charge on any atom is -0.476 e. The van der Waals surface area contributed by atoms with Gasteiger partial charge < -0.3 is 10.1 Å². The van der Waals surface area contributed by atoms with Crippen LogP contribution in [0, 0.1) is 0 Å². The van der Waals surface area contributed by atoms with Gasteiger partial charge >= 0.3 is 0 Å². The van der Waals surface area contributed by atoms with Crippen molar-refractivity contribution in [2.75, 3.05) is 19.7 Å². The summed E-state index contributed by atoms with van der Waals surface area (Å²) in [6.45, 7) is 5.51. The third kappa shape index (κ3) is 8.07. The summed E-state index contributed by atoms with van der Waals surface area (Å²) >= 11 is 0. The third-order valence-corrected chi connectivity index (χ3v) is 4.85. The van der Waals surface area contributed by atoms with Gasteiger partial charge in [0.15, 0.2) is 5.78 Å². The molecule has 0 radical (unpaired) electrons. The summed E-state index contributed by atoms with van der Waals surface area (Å²) in [6, 6.07) is 7.58. The lowest BCUT2D eigenvalue weighted by molar-refractivity contribution is -0.116. The summed E-state index contributed by atoms with van der Waals surface area (Å²) in [7, 11) is 0. The number of ether oxygens (including phenoxy) is 1. The second kappa shape index (κ2) is 12.9. The molecule has 1 aliphatic heterocycles. The summed E-state index contributed by atoms with van der Waals surface area (Å²) in [5.74, 6) is 0.797. The fourth-order valence-corrected chi connectivity index (χ4v) is 3.21. The Labute approximate surface area is 168 Å². The number of nitrogens with one attached hydrogen (secondary N) is 1. The first-order valence-electron chi connectivity index (χ1n) is 10.4. The number of ketones is 1. The maximum atomic E-state index is 12.3. The first-order chi connectivity index (χ1) is 13.7. The van der Waals surface area contributed by atoms with Gasteiger partial charge in [0.2, 0.25) is 11.8 Å². The van der Waals surface area contributed by atoms with Crippen LogP contribution in [0.3, 0.4) is 0 Å². The number of aliphatic imine (C=N–C) groups is 1. The molecule has 1 aromatic carbocycles. The minimum atomic E-state index is -0.0947. The van der Waals surface area contributed by atoms with Crippen LogP contribution in [0.1, 0.15) is 73.7 Å². The lowest BCUT2D eigenvalue weighted by Crippen LogP contribution is -2.21. The fraction of sp³-hybridized carbons (Fsp3) is 0.522. The Hall–Kier alpha value is -2.43. The normalized spacial score (nSPS) is 12.9. The van der Waals surface area contributed by atoms with Gasteiger partial charge in [-0.2, -0.15) is 0 Å². The Morgan fingerprint density at radius 3 is 2.25 bits per heavy atom. The van der Waals surface area contributed by atoms with Crippen LogP contribution in [0.25, 0.3) is 0 Å². The van der Waals surface area contributed by atoms with Gasteiger partial charge in [0.1, 0.15) is 6.61 Å². The maximum Gasteiger partial charge on any atom is 0.243 e.